The number of nitrogen functional groups attached to an aromatic ring is 1. The Morgan fingerprint density at radius 1 is 1.33 bits per heavy atom. The number of nitrogens with two attached hydrogens (primary N) is 1. The second kappa shape index (κ2) is 8.80. The molecule has 1 amide bonds. The molecule has 0 unspecified atom stereocenters. The second-order valence-electron chi connectivity index (χ2n) is 4.11. The van der Waals surface area contributed by atoms with E-state index in [2.05, 4.69) is 5.32 Å². The number of hydrogen-bond donors (Lipinski definition) is 2. The minimum Gasteiger partial charge on any atom is -0.483 e. The minimum absolute atomic E-state index is 0.218. The Hall–Kier alpha value is -2.28. The predicted molar refractivity (Wildman–Crippen MR) is 77.2 cm³/mol. The van der Waals surface area contributed by atoms with Crippen LogP contribution < -0.4 is 15.8 Å². The summed E-state index contributed by atoms with van der Waals surface area (Å²) in [5, 5.41) is 2.61. The van der Waals surface area contributed by atoms with E-state index in [0.717, 1.165) is 0 Å². The molecular formula is C14H20N2O5. The highest BCUT2D eigenvalue weighted by molar-refractivity contribution is 5.93. The number of rotatable bonds is 8. The fourth-order valence-electron chi connectivity index (χ4n) is 1.52. The quantitative estimate of drug-likeness (QED) is 0.414. The predicted octanol–water partition coefficient (Wildman–Crippen LogP) is 0.587. The first kappa shape index (κ1) is 16.8. The van der Waals surface area contributed by atoms with Gasteiger partial charge in [0.05, 0.1) is 13.2 Å². The van der Waals surface area contributed by atoms with E-state index < -0.39 is 5.97 Å². The largest absolute Gasteiger partial charge is 0.483 e. The molecule has 0 aliphatic carbocycles. The SMILES string of the molecule is CCOC(=O)c1ccc(N)cc1OCC(=O)NCCOC. The van der Waals surface area contributed by atoms with Crippen molar-refractivity contribution in [2.75, 3.05) is 39.2 Å². The van der Waals surface area contributed by atoms with Gasteiger partial charge in [0.25, 0.3) is 5.91 Å². The van der Waals surface area contributed by atoms with Crippen LogP contribution in [0.5, 0.6) is 5.75 Å². The first-order chi connectivity index (χ1) is 10.1. The smallest absolute Gasteiger partial charge is 0.341 e. The number of ether oxygens (including phenoxy) is 3. The lowest BCUT2D eigenvalue weighted by Gasteiger charge is -2.11. The van der Waals surface area contributed by atoms with E-state index in [-0.39, 0.29) is 30.4 Å². The number of esters is 1. The van der Waals surface area contributed by atoms with Crippen LogP contribution in [0.2, 0.25) is 0 Å². The fourth-order valence-corrected chi connectivity index (χ4v) is 1.52. The molecule has 21 heavy (non-hydrogen) atoms. The van der Waals surface area contributed by atoms with Crippen LogP contribution in [0.1, 0.15) is 17.3 Å². The number of hydrogen-bond acceptors (Lipinski definition) is 6. The maximum atomic E-state index is 11.8. The third-order valence-corrected chi connectivity index (χ3v) is 2.49. The van der Waals surface area contributed by atoms with E-state index >= 15 is 0 Å². The van der Waals surface area contributed by atoms with E-state index in [1.165, 1.54) is 12.1 Å². The molecule has 0 saturated carbocycles. The molecule has 116 valence electrons. The summed E-state index contributed by atoms with van der Waals surface area (Å²) in [6.45, 7) is 2.54. The summed E-state index contributed by atoms with van der Waals surface area (Å²) in [7, 11) is 1.54. The van der Waals surface area contributed by atoms with Gasteiger partial charge in [0, 0.05) is 25.4 Å². The molecule has 0 aliphatic rings. The third-order valence-electron chi connectivity index (χ3n) is 2.49. The highest BCUT2D eigenvalue weighted by Crippen LogP contribution is 2.22. The van der Waals surface area contributed by atoms with Gasteiger partial charge in [-0.05, 0) is 19.1 Å². The zero-order valence-electron chi connectivity index (χ0n) is 12.2. The summed E-state index contributed by atoms with van der Waals surface area (Å²) in [6.07, 6.45) is 0. The number of benzene rings is 1. The molecule has 7 nitrogen and oxygen atoms in total. The molecule has 0 spiro atoms. The first-order valence-corrected chi connectivity index (χ1v) is 6.53. The summed E-state index contributed by atoms with van der Waals surface area (Å²) >= 11 is 0. The first-order valence-electron chi connectivity index (χ1n) is 6.53. The van der Waals surface area contributed by atoms with Crippen molar-refractivity contribution in [3.05, 3.63) is 23.8 Å². The summed E-state index contributed by atoms with van der Waals surface area (Å²) in [6, 6.07) is 4.55. The standard InChI is InChI=1S/C14H20N2O5/c1-3-20-14(18)11-5-4-10(15)8-12(11)21-9-13(17)16-6-7-19-2/h4-5,8H,3,6-7,9,15H2,1-2H3,(H,16,17). The lowest BCUT2D eigenvalue weighted by Crippen LogP contribution is -2.31. The molecule has 0 heterocycles. The van der Waals surface area contributed by atoms with E-state index in [1.54, 1.807) is 20.1 Å². The molecule has 0 fully saturated rings. The van der Waals surface area contributed by atoms with Gasteiger partial charge in [-0.2, -0.15) is 0 Å². The Labute approximate surface area is 123 Å². The van der Waals surface area contributed by atoms with Crippen molar-refractivity contribution in [1.82, 2.24) is 5.32 Å². The molecule has 0 atom stereocenters. The highest BCUT2D eigenvalue weighted by atomic mass is 16.5. The van der Waals surface area contributed by atoms with Crippen LogP contribution in [0.4, 0.5) is 5.69 Å². The van der Waals surface area contributed by atoms with Gasteiger partial charge < -0.3 is 25.3 Å². The average Bonchev–Trinajstić information content (AvgIpc) is 2.45. The van der Waals surface area contributed by atoms with Gasteiger partial charge in [-0.3, -0.25) is 4.79 Å². The number of anilines is 1. The van der Waals surface area contributed by atoms with Crippen molar-refractivity contribution in [3.63, 3.8) is 0 Å². The average molecular weight is 296 g/mol. The Morgan fingerprint density at radius 2 is 2.10 bits per heavy atom. The Balaban J connectivity index is 2.66. The van der Waals surface area contributed by atoms with Crippen LogP contribution in [0, 0.1) is 0 Å². The van der Waals surface area contributed by atoms with Crippen molar-refractivity contribution in [2.45, 2.75) is 6.92 Å². The van der Waals surface area contributed by atoms with Crippen molar-refractivity contribution >= 4 is 17.6 Å². The van der Waals surface area contributed by atoms with Crippen LogP contribution in [0.15, 0.2) is 18.2 Å². The molecule has 1 aromatic rings. The number of carbonyl (C=O) groups is 2. The van der Waals surface area contributed by atoms with Crippen LogP contribution in [-0.4, -0.2) is 45.4 Å². The van der Waals surface area contributed by atoms with Crippen molar-refractivity contribution in [3.8, 4) is 5.75 Å². The molecule has 0 saturated heterocycles. The minimum atomic E-state index is -0.521. The van der Waals surface area contributed by atoms with Gasteiger partial charge in [-0.15, -0.1) is 0 Å². The van der Waals surface area contributed by atoms with Gasteiger partial charge in [-0.1, -0.05) is 0 Å². The maximum Gasteiger partial charge on any atom is 0.341 e. The maximum absolute atomic E-state index is 11.8. The lowest BCUT2D eigenvalue weighted by atomic mass is 10.2. The zero-order valence-corrected chi connectivity index (χ0v) is 12.2. The van der Waals surface area contributed by atoms with Gasteiger partial charge >= 0.3 is 5.97 Å². The molecule has 1 aromatic carbocycles. The van der Waals surface area contributed by atoms with Gasteiger partial charge in [-0.25, -0.2) is 4.79 Å². The van der Waals surface area contributed by atoms with Gasteiger partial charge in [0.1, 0.15) is 11.3 Å². The molecule has 0 aromatic heterocycles. The van der Waals surface area contributed by atoms with Gasteiger partial charge in [0.2, 0.25) is 0 Å². The van der Waals surface area contributed by atoms with E-state index in [1.807, 2.05) is 0 Å². The Bertz CT molecular complexity index is 490. The molecule has 0 aliphatic heterocycles. The topological polar surface area (TPSA) is 99.9 Å². The summed E-state index contributed by atoms with van der Waals surface area (Å²) < 4.78 is 15.1. The number of methoxy groups -OCH3 is 1. The lowest BCUT2D eigenvalue weighted by molar-refractivity contribution is -0.123. The summed E-state index contributed by atoms with van der Waals surface area (Å²) in [4.78, 5) is 23.3. The number of amides is 1. The third kappa shape index (κ3) is 5.70. The molecule has 0 bridgehead atoms. The van der Waals surface area contributed by atoms with Crippen molar-refractivity contribution < 1.29 is 23.8 Å². The molecule has 1 rings (SSSR count). The Kier molecular flexibility index (Phi) is 7.03. The van der Waals surface area contributed by atoms with Crippen molar-refractivity contribution in [2.24, 2.45) is 0 Å². The normalized spacial score (nSPS) is 10.0. The van der Waals surface area contributed by atoms with E-state index in [9.17, 15) is 9.59 Å². The second-order valence-corrected chi connectivity index (χ2v) is 4.11. The zero-order chi connectivity index (χ0) is 15.7. The monoisotopic (exact) mass is 296 g/mol. The summed E-state index contributed by atoms with van der Waals surface area (Å²) in [5.41, 5.74) is 6.32. The highest BCUT2D eigenvalue weighted by Gasteiger charge is 2.15. The fraction of sp³-hybridized carbons (Fsp3) is 0.429. The summed E-state index contributed by atoms with van der Waals surface area (Å²) in [5.74, 6) is -0.619. The van der Waals surface area contributed by atoms with Crippen LogP contribution in [0.25, 0.3) is 0 Å². The van der Waals surface area contributed by atoms with E-state index in [4.69, 9.17) is 19.9 Å². The van der Waals surface area contributed by atoms with Gasteiger partial charge in [0.15, 0.2) is 6.61 Å². The molecule has 0 radical (unpaired) electrons. The molecular weight excluding hydrogens is 276 g/mol. The number of carbonyl (C=O) groups excluding carboxylic acids is 2. The van der Waals surface area contributed by atoms with Crippen molar-refractivity contribution in [1.29, 1.82) is 0 Å². The van der Waals surface area contributed by atoms with E-state index in [0.29, 0.717) is 18.8 Å². The molecule has 7 heteroatoms. The Morgan fingerprint density at radius 3 is 2.76 bits per heavy atom. The van der Waals surface area contributed by atoms with Crippen LogP contribution in [-0.2, 0) is 14.3 Å². The van der Waals surface area contributed by atoms with Crippen LogP contribution in [0.3, 0.4) is 0 Å². The number of nitrogens with one attached hydrogen (secondary N) is 1. The molecule has 3 N–H and O–H groups in total. The van der Waals surface area contributed by atoms with Crippen LogP contribution >= 0.6 is 0 Å².